The first-order valence-corrected chi connectivity index (χ1v) is 5.46. The summed E-state index contributed by atoms with van der Waals surface area (Å²) in [6.45, 7) is 0.246. The number of rotatable bonds is 6. The van der Waals surface area contributed by atoms with Crippen molar-refractivity contribution in [2.45, 2.75) is 6.42 Å². The fourth-order valence-electron chi connectivity index (χ4n) is 1.44. The molecule has 2 aromatic heterocycles. The van der Waals surface area contributed by atoms with Crippen LogP contribution in [0.15, 0.2) is 23.0 Å². The maximum atomic E-state index is 10.8. The van der Waals surface area contributed by atoms with E-state index in [0.717, 1.165) is 12.1 Å². The number of nitrogens with zero attached hydrogens (tertiary/aromatic N) is 4. The van der Waals surface area contributed by atoms with Gasteiger partial charge in [0.15, 0.2) is 11.5 Å². The number of aromatic carboxylic acids is 1. The molecule has 0 fully saturated rings. The molecule has 0 spiro atoms. The lowest BCUT2D eigenvalue weighted by atomic mass is 10.3. The van der Waals surface area contributed by atoms with Crippen LogP contribution in [0.5, 0.6) is 0 Å². The highest BCUT2D eigenvalue weighted by Crippen LogP contribution is 2.22. The molecule has 0 aliphatic rings. The minimum Gasteiger partial charge on any atom is -0.477 e. The molecule has 0 aliphatic carbocycles. The van der Waals surface area contributed by atoms with Gasteiger partial charge >= 0.3 is 11.7 Å². The highest BCUT2D eigenvalue weighted by Gasteiger charge is 2.18. The quantitative estimate of drug-likeness (QED) is 0.577. The van der Waals surface area contributed by atoms with E-state index >= 15 is 0 Å². The zero-order valence-electron chi connectivity index (χ0n) is 10.0. The molecule has 104 valence electrons. The lowest BCUT2D eigenvalue weighted by Crippen LogP contribution is -2.11. The van der Waals surface area contributed by atoms with Crippen LogP contribution in [0.2, 0.25) is 0 Å². The molecule has 0 aromatic carbocycles. The monoisotopic (exact) mass is 279 g/mol. The molecule has 0 bridgehead atoms. The van der Waals surface area contributed by atoms with Crippen molar-refractivity contribution >= 4 is 17.5 Å². The van der Waals surface area contributed by atoms with Crippen LogP contribution in [-0.2, 0) is 6.42 Å². The lowest BCUT2D eigenvalue weighted by molar-refractivity contribution is -0.384. The van der Waals surface area contributed by atoms with E-state index < -0.39 is 10.9 Å². The van der Waals surface area contributed by atoms with Crippen molar-refractivity contribution in [3.63, 3.8) is 0 Å². The van der Waals surface area contributed by atoms with Crippen LogP contribution in [-0.4, -0.2) is 37.7 Å². The Balaban J connectivity index is 2.13. The fraction of sp³-hybridized carbons (Fsp3) is 0.200. The van der Waals surface area contributed by atoms with E-state index in [-0.39, 0.29) is 23.7 Å². The Kier molecular flexibility index (Phi) is 3.84. The van der Waals surface area contributed by atoms with Crippen molar-refractivity contribution < 1.29 is 19.3 Å². The second kappa shape index (κ2) is 5.73. The molecule has 2 aromatic rings. The van der Waals surface area contributed by atoms with Crippen molar-refractivity contribution in [2.75, 3.05) is 11.9 Å². The average Bonchev–Trinajstić information content (AvgIpc) is 2.91. The molecule has 0 amide bonds. The summed E-state index contributed by atoms with van der Waals surface area (Å²) < 4.78 is 4.54. The van der Waals surface area contributed by atoms with Crippen molar-refractivity contribution in [2.24, 2.45) is 0 Å². The topological polar surface area (TPSA) is 144 Å². The number of hydrogen-bond donors (Lipinski definition) is 2. The zero-order valence-corrected chi connectivity index (χ0v) is 10.0. The van der Waals surface area contributed by atoms with Gasteiger partial charge in [-0.05, 0) is 6.07 Å². The first-order valence-electron chi connectivity index (χ1n) is 5.46. The van der Waals surface area contributed by atoms with Gasteiger partial charge in [-0.15, -0.1) is 0 Å². The summed E-state index contributed by atoms with van der Waals surface area (Å²) in [5.74, 6) is -0.950. The van der Waals surface area contributed by atoms with Crippen LogP contribution < -0.4 is 5.32 Å². The van der Waals surface area contributed by atoms with Crippen molar-refractivity contribution in [3.8, 4) is 0 Å². The largest absolute Gasteiger partial charge is 0.477 e. The summed E-state index contributed by atoms with van der Waals surface area (Å²) in [5.41, 5.74) is -0.583. The third-order valence-corrected chi connectivity index (χ3v) is 2.34. The number of anilines is 1. The van der Waals surface area contributed by atoms with Gasteiger partial charge in [0, 0.05) is 19.0 Å². The van der Waals surface area contributed by atoms with Crippen LogP contribution in [0.3, 0.4) is 0 Å². The highest BCUT2D eigenvalue weighted by atomic mass is 16.6. The number of carboxylic acids is 1. The second-order valence-electron chi connectivity index (χ2n) is 3.65. The molecule has 0 saturated heterocycles. The second-order valence-corrected chi connectivity index (χ2v) is 3.65. The number of pyridine rings is 1. The molecule has 0 aliphatic heterocycles. The van der Waals surface area contributed by atoms with Gasteiger partial charge in [0.2, 0.25) is 12.2 Å². The van der Waals surface area contributed by atoms with Crippen molar-refractivity contribution in [1.29, 1.82) is 0 Å². The Morgan fingerprint density at radius 2 is 2.30 bits per heavy atom. The smallest absolute Gasteiger partial charge is 0.354 e. The van der Waals surface area contributed by atoms with Gasteiger partial charge in [0.25, 0.3) is 0 Å². The van der Waals surface area contributed by atoms with E-state index in [4.69, 9.17) is 5.11 Å². The number of nitro groups is 1. The summed E-state index contributed by atoms with van der Waals surface area (Å²) >= 11 is 0. The molecule has 2 rings (SSSR count). The van der Waals surface area contributed by atoms with E-state index in [9.17, 15) is 14.9 Å². The molecule has 2 heterocycles. The summed E-state index contributed by atoms with van der Waals surface area (Å²) in [7, 11) is 0. The summed E-state index contributed by atoms with van der Waals surface area (Å²) in [5, 5.41) is 25.9. The normalized spacial score (nSPS) is 10.2. The molecule has 0 radical (unpaired) electrons. The number of carbonyl (C=O) groups is 1. The summed E-state index contributed by atoms with van der Waals surface area (Å²) in [4.78, 5) is 28.5. The Morgan fingerprint density at radius 3 is 2.90 bits per heavy atom. The van der Waals surface area contributed by atoms with Crippen LogP contribution in [0.1, 0.15) is 16.3 Å². The van der Waals surface area contributed by atoms with Gasteiger partial charge in [-0.3, -0.25) is 10.1 Å². The van der Waals surface area contributed by atoms with Crippen LogP contribution in [0.25, 0.3) is 0 Å². The molecule has 10 nitrogen and oxygen atoms in total. The number of aromatic nitrogens is 3. The Bertz CT molecular complexity index is 627. The highest BCUT2D eigenvalue weighted by molar-refractivity contribution is 5.86. The maximum absolute atomic E-state index is 10.8. The number of carboxylic acid groups (broad SMARTS) is 1. The Morgan fingerprint density at radius 1 is 1.50 bits per heavy atom. The molecule has 0 unspecified atom stereocenters. The van der Waals surface area contributed by atoms with Crippen LogP contribution >= 0.6 is 0 Å². The minimum atomic E-state index is -1.26. The van der Waals surface area contributed by atoms with E-state index in [1.165, 1.54) is 6.39 Å². The number of nitrogens with one attached hydrogen (secondary N) is 1. The average molecular weight is 279 g/mol. The third kappa shape index (κ3) is 3.04. The SMILES string of the molecule is O=C(O)c1ccc([N+](=O)[O-])c(NCCc2ncon2)n1. The molecule has 0 saturated carbocycles. The molecule has 0 atom stereocenters. The van der Waals surface area contributed by atoms with Gasteiger partial charge in [-0.25, -0.2) is 9.78 Å². The van der Waals surface area contributed by atoms with E-state index in [0.29, 0.717) is 12.2 Å². The summed E-state index contributed by atoms with van der Waals surface area (Å²) in [6.07, 6.45) is 1.52. The van der Waals surface area contributed by atoms with Crippen LogP contribution in [0.4, 0.5) is 11.5 Å². The van der Waals surface area contributed by atoms with Gasteiger partial charge < -0.3 is 14.9 Å². The lowest BCUT2D eigenvalue weighted by Gasteiger charge is -2.05. The molecular formula is C10H9N5O5. The predicted octanol–water partition coefficient (Wildman–Crippen LogP) is 0.726. The minimum absolute atomic E-state index is 0.113. The maximum Gasteiger partial charge on any atom is 0.354 e. The molecule has 10 heteroatoms. The first kappa shape index (κ1) is 13.4. The van der Waals surface area contributed by atoms with Gasteiger partial charge in [0.05, 0.1) is 4.92 Å². The van der Waals surface area contributed by atoms with E-state index in [2.05, 4.69) is 25.0 Å². The molecular weight excluding hydrogens is 270 g/mol. The van der Waals surface area contributed by atoms with Crippen LogP contribution in [0, 0.1) is 10.1 Å². The van der Waals surface area contributed by atoms with E-state index in [1.807, 2.05) is 0 Å². The van der Waals surface area contributed by atoms with E-state index in [1.54, 1.807) is 0 Å². The van der Waals surface area contributed by atoms with Gasteiger partial charge in [-0.1, -0.05) is 5.16 Å². The predicted molar refractivity (Wildman–Crippen MR) is 64.3 cm³/mol. The van der Waals surface area contributed by atoms with Gasteiger partial charge in [-0.2, -0.15) is 4.98 Å². The van der Waals surface area contributed by atoms with Gasteiger partial charge in [0.1, 0.15) is 0 Å². The standard InChI is InChI=1S/C10H9N5O5/c16-10(17)6-1-2-7(15(18)19)9(13-6)11-4-3-8-12-5-20-14-8/h1-2,5H,3-4H2,(H,11,13)(H,16,17). The Labute approximate surface area is 111 Å². The molecule has 2 N–H and O–H groups in total. The van der Waals surface area contributed by atoms with Crippen molar-refractivity contribution in [3.05, 3.63) is 40.2 Å². The first-order chi connectivity index (χ1) is 9.58. The molecule has 20 heavy (non-hydrogen) atoms. The summed E-state index contributed by atoms with van der Waals surface area (Å²) in [6, 6.07) is 2.16. The zero-order chi connectivity index (χ0) is 14.5. The number of hydrogen-bond acceptors (Lipinski definition) is 8. The third-order valence-electron chi connectivity index (χ3n) is 2.34. The van der Waals surface area contributed by atoms with Crippen molar-refractivity contribution in [1.82, 2.24) is 15.1 Å². The Hall–Kier alpha value is -3.04. The fourth-order valence-corrected chi connectivity index (χ4v) is 1.44.